The molecule has 0 radical (unpaired) electrons. The molecule has 2 nitrogen and oxygen atoms in total. The van der Waals surface area contributed by atoms with Crippen molar-refractivity contribution < 1.29 is 9.47 Å². The second-order valence-corrected chi connectivity index (χ2v) is 6.50. The Morgan fingerprint density at radius 1 is 0.769 bits per heavy atom. The first kappa shape index (κ1) is 16.6. The van der Waals surface area contributed by atoms with Gasteiger partial charge in [-0.15, -0.1) is 0 Å². The third-order valence-electron chi connectivity index (χ3n) is 5.09. The van der Waals surface area contributed by atoms with Gasteiger partial charge >= 0.3 is 0 Å². The summed E-state index contributed by atoms with van der Waals surface area (Å²) < 4.78 is 11.3. The number of benzene rings is 3. The summed E-state index contributed by atoms with van der Waals surface area (Å²) in [5, 5.41) is 0. The summed E-state index contributed by atoms with van der Waals surface area (Å²) in [5.74, 6) is 1.02. The van der Waals surface area contributed by atoms with E-state index in [1.54, 1.807) is 14.2 Å². The zero-order chi connectivity index (χ0) is 17.9. The summed E-state index contributed by atoms with van der Waals surface area (Å²) in [6, 6.07) is 27.3. The minimum Gasteiger partial charge on any atom is -0.497 e. The van der Waals surface area contributed by atoms with Gasteiger partial charge in [-0.1, -0.05) is 72.8 Å². The number of methoxy groups -OCH3 is 2. The van der Waals surface area contributed by atoms with E-state index < -0.39 is 0 Å². The predicted octanol–water partition coefficient (Wildman–Crippen LogP) is 5.72. The molecule has 0 N–H and O–H groups in total. The topological polar surface area (TPSA) is 18.5 Å². The van der Waals surface area contributed by atoms with Crippen LogP contribution in [0.3, 0.4) is 0 Å². The smallest absolute Gasteiger partial charge is 0.118 e. The Labute approximate surface area is 154 Å². The third-order valence-corrected chi connectivity index (χ3v) is 5.09. The van der Waals surface area contributed by atoms with Crippen molar-refractivity contribution >= 4 is 11.6 Å². The molecular formula is C24H22O2. The molecular weight excluding hydrogens is 320 g/mol. The van der Waals surface area contributed by atoms with Gasteiger partial charge in [0.2, 0.25) is 0 Å². The van der Waals surface area contributed by atoms with Gasteiger partial charge in [-0.3, -0.25) is 0 Å². The third kappa shape index (κ3) is 2.93. The highest BCUT2D eigenvalue weighted by Crippen LogP contribution is 2.49. The Balaban J connectivity index is 1.80. The van der Waals surface area contributed by atoms with Crippen molar-refractivity contribution in [1.82, 2.24) is 0 Å². The van der Waals surface area contributed by atoms with Crippen LogP contribution in [0.25, 0.3) is 11.6 Å². The number of hydrogen-bond donors (Lipinski definition) is 0. The van der Waals surface area contributed by atoms with Crippen molar-refractivity contribution in [3.05, 3.63) is 101 Å². The molecule has 2 atom stereocenters. The fourth-order valence-corrected chi connectivity index (χ4v) is 3.83. The van der Waals surface area contributed by atoms with E-state index in [9.17, 15) is 0 Å². The zero-order valence-corrected chi connectivity index (χ0v) is 15.1. The molecule has 3 aromatic carbocycles. The van der Waals surface area contributed by atoms with Crippen molar-refractivity contribution in [3.63, 3.8) is 0 Å². The molecule has 0 saturated heterocycles. The highest BCUT2D eigenvalue weighted by atomic mass is 16.5. The molecule has 0 aliphatic heterocycles. The van der Waals surface area contributed by atoms with Gasteiger partial charge in [0.15, 0.2) is 0 Å². The van der Waals surface area contributed by atoms with Gasteiger partial charge in [0.1, 0.15) is 5.75 Å². The van der Waals surface area contributed by atoms with Crippen LogP contribution in [0.4, 0.5) is 0 Å². The van der Waals surface area contributed by atoms with Crippen molar-refractivity contribution in [2.75, 3.05) is 14.2 Å². The lowest BCUT2D eigenvalue weighted by atomic mass is 9.83. The van der Waals surface area contributed by atoms with Crippen LogP contribution < -0.4 is 4.74 Å². The van der Waals surface area contributed by atoms with Gasteiger partial charge < -0.3 is 9.47 Å². The van der Waals surface area contributed by atoms with Crippen LogP contribution in [0, 0.1) is 0 Å². The highest BCUT2D eigenvalue weighted by Gasteiger charge is 2.34. The normalized spacial score (nSPS) is 16.7. The van der Waals surface area contributed by atoms with Crippen molar-refractivity contribution in [2.45, 2.75) is 12.0 Å². The Kier molecular flexibility index (Phi) is 4.59. The van der Waals surface area contributed by atoms with E-state index in [4.69, 9.17) is 9.47 Å². The first-order valence-corrected chi connectivity index (χ1v) is 8.84. The fourth-order valence-electron chi connectivity index (χ4n) is 3.83. The van der Waals surface area contributed by atoms with E-state index in [-0.39, 0.29) is 12.0 Å². The molecule has 0 bridgehead atoms. The first-order valence-electron chi connectivity index (χ1n) is 8.84. The Morgan fingerprint density at radius 2 is 1.46 bits per heavy atom. The largest absolute Gasteiger partial charge is 0.497 e. The van der Waals surface area contributed by atoms with Crippen LogP contribution >= 0.6 is 0 Å². The van der Waals surface area contributed by atoms with Gasteiger partial charge in [0.25, 0.3) is 0 Å². The summed E-state index contributed by atoms with van der Waals surface area (Å²) in [6.07, 6.45) is 2.24. The number of rotatable bonds is 5. The molecule has 4 rings (SSSR count). The Hall–Kier alpha value is -2.84. The minimum absolute atomic E-state index is 0.0592. The van der Waals surface area contributed by atoms with Crippen LogP contribution in [0.1, 0.15) is 34.3 Å². The predicted molar refractivity (Wildman–Crippen MR) is 106 cm³/mol. The van der Waals surface area contributed by atoms with E-state index >= 15 is 0 Å². The molecule has 26 heavy (non-hydrogen) atoms. The second kappa shape index (κ2) is 7.19. The SMILES string of the molecule is COc1ccc([C@@H](OC)[C@H]2C(c3ccccc3)=Cc3ccccc32)cc1. The van der Waals surface area contributed by atoms with Gasteiger partial charge in [-0.05, 0) is 40.0 Å². The van der Waals surface area contributed by atoms with Crippen LogP contribution in [-0.4, -0.2) is 14.2 Å². The summed E-state index contributed by atoms with van der Waals surface area (Å²) >= 11 is 0. The zero-order valence-electron chi connectivity index (χ0n) is 15.1. The number of hydrogen-bond acceptors (Lipinski definition) is 2. The Morgan fingerprint density at radius 3 is 2.15 bits per heavy atom. The molecule has 0 saturated carbocycles. The molecule has 0 fully saturated rings. The van der Waals surface area contributed by atoms with E-state index in [1.807, 2.05) is 12.1 Å². The summed E-state index contributed by atoms with van der Waals surface area (Å²) in [6.45, 7) is 0. The first-order chi connectivity index (χ1) is 12.8. The minimum atomic E-state index is -0.0592. The van der Waals surface area contributed by atoms with Crippen molar-refractivity contribution in [3.8, 4) is 5.75 Å². The quantitative estimate of drug-likeness (QED) is 0.590. The summed E-state index contributed by atoms with van der Waals surface area (Å²) in [7, 11) is 3.48. The van der Waals surface area contributed by atoms with E-state index in [0.29, 0.717) is 0 Å². The monoisotopic (exact) mass is 342 g/mol. The molecule has 0 amide bonds. The van der Waals surface area contributed by atoms with Crippen LogP contribution in [0.2, 0.25) is 0 Å². The van der Waals surface area contributed by atoms with Gasteiger partial charge in [-0.25, -0.2) is 0 Å². The van der Waals surface area contributed by atoms with Crippen LogP contribution in [-0.2, 0) is 4.74 Å². The molecule has 0 heterocycles. The molecule has 0 spiro atoms. The van der Waals surface area contributed by atoms with Gasteiger partial charge in [0.05, 0.1) is 13.2 Å². The molecule has 0 aromatic heterocycles. The molecule has 1 aliphatic rings. The van der Waals surface area contributed by atoms with Crippen LogP contribution in [0.5, 0.6) is 5.75 Å². The Bertz CT molecular complexity index is 910. The second-order valence-electron chi connectivity index (χ2n) is 6.50. The van der Waals surface area contributed by atoms with Gasteiger partial charge in [-0.2, -0.15) is 0 Å². The lowest BCUT2D eigenvalue weighted by molar-refractivity contribution is 0.0940. The van der Waals surface area contributed by atoms with Crippen LogP contribution in [0.15, 0.2) is 78.9 Å². The van der Waals surface area contributed by atoms with E-state index in [2.05, 4.69) is 72.8 Å². The van der Waals surface area contributed by atoms with Crippen molar-refractivity contribution in [1.29, 1.82) is 0 Å². The fraction of sp³-hybridized carbons (Fsp3) is 0.167. The maximum atomic E-state index is 6.02. The molecule has 2 heteroatoms. The summed E-state index contributed by atoms with van der Waals surface area (Å²) in [5.41, 5.74) is 6.27. The molecule has 130 valence electrons. The molecule has 0 unspecified atom stereocenters. The number of ether oxygens (including phenoxy) is 2. The lowest BCUT2D eigenvalue weighted by Crippen LogP contribution is -2.13. The number of fused-ring (bicyclic) bond motifs is 1. The maximum Gasteiger partial charge on any atom is 0.118 e. The highest BCUT2D eigenvalue weighted by molar-refractivity contribution is 5.92. The summed E-state index contributed by atoms with van der Waals surface area (Å²) in [4.78, 5) is 0. The average molecular weight is 342 g/mol. The van der Waals surface area contributed by atoms with Gasteiger partial charge in [0, 0.05) is 13.0 Å². The average Bonchev–Trinajstić information content (AvgIpc) is 3.09. The van der Waals surface area contributed by atoms with E-state index in [0.717, 1.165) is 11.3 Å². The standard InChI is InChI=1S/C24H22O2/c1-25-20-14-12-18(13-15-20)24(26-2)23-21-11-7-6-10-19(21)16-22(23)17-8-4-3-5-9-17/h3-16,23-24H,1-2H3/t23-,24-/m1/s1. The van der Waals surface area contributed by atoms with Crippen molar-refractivity contribution in [2.24, 2.45) is 0 Å². The molecule has 3 aromatic rings. The lowest BCUT2D eigenvalue weighted by Gasteiger charge is -2.27. The maximum absolute atomic E-state index is 6.02. The molecule has 1 aliphatic carbocycles. The van der Waals surface area contributed by atoms with E-state index in [1.165, 1.54) is 22.3 Å².